The smallest absolute Gasteiger partial charge is 0.228 e. The molecule has 1 N–H and O–H groups in total. The lowest BCUT2D eigenvalue weighted by Crippen LogP contribution is -2.52. The van der Waals surface area contributed by atoms with Gasteiger partial charge in [-0.15, -0.1) is 0 Å². The van der Waals surface area contributed by atoms with E-state index in [1.807, 2.05) is 25.1 Å². The highest BCUT2D eigenvalue weighted by Crippen LogP contribution is 2.53. The van der Waals surface area contributed by atoms with Gasteiger partial charge < -0.3 is 15.0 Å². The number of amides is 2. The van der Waals surface area contributed by atoms with Crippen LogP contribution in [0.3, 0.4) is 0 Å². The Labute approximate surface area is 167 Å². The molecule has 152 valence electrons. The lowest BCUT2D eigenvalue weighted by atomic mass is 9.69. The number of benzene rings is 1. The van der Waals surface area contributed by atoms with E-state index in [-0.39, 0.29) is 23.9 Å². The van der Waals surface area contributed by atoms with Crippen LogP contribution >= 0.6 is 0 Å². The Morgan fingerprint density at radius 2 is 1.96 bits per heavy atom. The fraction of sp³-hybridized carbons (Fsp3) is 0.652. The maximum absolute atomic E-state index is 13.4. The summed E-state index contributed by atoms with van der Waals surface area (Å²) in [6, 6.07) is 10.5. The molecule has 2 amide bonds. The van der Waals surface area contributed by atoms with Gasteiger partial charge in [0, 0.05) is 31.2 Å². The van der Waals surface area contributed by atoms with Gasteiger partial charge in [0.1, 0.15) is 0 Å². The van der Waals surface area contributed by atoms with E-state index in [0.717, 1.165) is 38.5 Å². The summed E-state index contributed by atoms with van der Waals surface area (Å²) >= 11 is 0. The molecule has 5 heteroatoms. The lowest BCUT2D eigenvalue weighted by Gasteiger charge is -2.38. The molecule has 3 fully saturated rings. The number of nitrogens with zero attached hydrogens (tertiary/aromatic N) is 1. The first kappa shape index (κ1) is 19.4. The summed E-state index contributed by atoms with van der Waals surface area (Å²) in [5, 5.41) is 3.12. The van der Waals surface area contributed by atoms with Gasteiger partial charge in [-0.2, -0.15) is 0 Å². The molecule has 1 aliphatic carbocycles. The summed E-state index contributed by atoms with van der Waals surface area (Å²) < 4.78 is 5.39. The fourth-order valence-electron chi connectivity index (χ4n) is 5.41. The van der Waals surface area contributed by atoms with E-state index >= 15 is 0 Å². The summed E-state index contributed by atoms with van der Waals surface area (Å²) in [6.07, 6.45) is 6.64. The molecule has 0 unspecified atom stereocenters. The minimum Gasteiger partial charge on any atom is -0.380 e. The average molecular weight is 385 g/mol. The van der Waals surface area contributed by atoms with Crippen molar-refractivity contribution < 1.29 is 14.3 Å². The van der Waals surface area contributed by atoms with E-state index in [9.17, 15) is 9.59 Å². The molecule has 4 rings (SSSR count). The summed E-state index contributed by atoms with van der Waals surface area (Å²) in [4.78, 5) is 28.7. The van der Waals surface area contributed by atoms with Gasteiger partial charge in [-0.3, -0.25) is 9.59 Å². The third-order valence-corrected chi connectivity index (χ3v) is 7.00. The topological polar surface area (TPSA) is 58.6 Å². The Bertz CT molecular complexity index is 703. The van der Waals surface area contributed by atoms with Gasteiger partial charge in [0.15, 0.2) is 0 Å². The lowest BCUT2D eigenvalue weighted by molar-refractivity contribution is -0.141. The highest BCUT2D eigenvalue weighted by atomic mass is 16.5. The van der Waals surface area contributed by atoms with E-state index in [0.29, 0.717) is 32.1 Å². The Morgan fingerprint density at radius 1 is 1.18 bits per heavy atom. The maximum Gasteiger partial charge on any atom is 0.228 e. The van der Waals surface area contributed by atoms with E-state index in [2.05, 4.69) is 22.3 Å². The molecule has 0 spiro atoms. The van der Waals surface area contributed by atoms with Crippen LogP contribution in [0, 0.1) is 11.3 Å². The van der Waals surface area contributed by atoms with E-state index in [1.165, 1.54) is 5.56 Å². The zero-order valence-corrected chi connectivity index (χ0v) is 16.9. The minimum absolute atomic E-state index is 0.0258. The van der Waals surface area contributed by atoms with Crippen LogP contribution in [0.25, 0.3) is 0 Å². The van der Waals surface area contributed by atoms with Crippen molar-refractivity contribution in [2.75, 3.05) is 19.8 Å². The number of rotatable bonds is 8. The molecule has 2 heterocycles. The van der Waals surface area contributed by atoms with Crippen LogP contribution in [0.5, 0.6) is 0 Å². The van der Waals surface area contributed by atoms with Crippen LogP contribution in [-0.2, 0) is 20.7 Å². The van der Waals surface area contributed by atoms with E-state index < -0.39 is 5.41 Å². The molecule has 5 nitrogen and oxygen atoms in total. The van der Waals surface area contributed by atoms with Crippen LogP contribution in [0.1, 0.15) is 51.0 Å². The molecule has 1 aromatic carbocycles. The SMILES string of the molecule is CCOCCNC(=O)[C@]1(Cc2ccccc2)C[C@@H]2CC[C@H]1N2C(=O)C1CCC1. The van der Waals surface area contributed by atoms with Crippen molar-refractivity contribution in [2.24, 2.45) is 11.3 Å². The summed E-state index contributed by atoms with van der Waals surface area (Å²) in [5.41, 5.74) is 0.654. The quantitative estimate of drug-likeness (QED) is 0.701. The van der Waals surface area contributed by atoms with Crippen molar-refractivity contribution in [2.45, 2.75) is 64.0 Å². The predicted molar refractivity (Wildman–Crippen MR) is 108 cm³/mol. The Balaban J connectivity index is 1.56. The second kappa shape index (κ2) is 8.24. The molecule has 0 radical (unpaired) electrons. The van der Waals surface area contributed by atoms with Crippen molar-refractivity contribution in [1.29, 1.82) is 0 Å². The first-order valence-electron chi connectivity index (χ1n) is 10.9. The fourth-order valence-corrected chi connectivity index (χ4v) is 5.41. The molecule has 1 aromatic rings. The third kappa shape index (κ3) is 3.45. The summed E-state index contributed by atoms with van der Waals surface area (Å²) in [7, 11) is 0. The van der Waals surface area contributed by atoms with Crippen LogP contribution in [0.4, 0.5) is 0 Å². The number of nitrogens with one attached hydrogen (secondary N) is 1. The van der Waals surface area contributed by atoms with Crippen molar-refractivity contribution in [3.05, 3.63) is 35.9 Å². The summed E-state index contributed by atoms with van der Waals surface area (Å²) in [6.45, 7) is 3.66. The first-order chi connectivity index (χ1) is 13.7. The van der Waals surface area contributed by atoms with Crippen LogP contribution < -0.4 is 5.32 Å². The van der Waals surface area contributed by atoms with Crippen molar-refractivity contribution in [3.8, 4) is 0 Å². The number of carbonyl (C=O) groups is 2. The van der Waals surface area contributed by atoms with Gasteiger partial charge in [0.05, 0.1) is 12.0 Å². The molecule has 28 heavy (non-hydrogen) atoms. The second-order valence-corrected chi connectivity index (χ2v) is 8.60. The third-order valence-electron chi connectivity index (χ3n) is 7.00. The number of carbonyl (C=O) groups excluding carboxylic acids is 2. The highest BCUT2D eigenvalue weighted by molar-refractivity contribution is 5.88. The number of fused-ring (bicyclic) bond motifs is 2. The maximum atomic E-state index is 13.4. The zero-order valence-electron chi connectivity index (χ0n) is 16.9. The number of hydrogen-bond acceptors (Lipinski definition) is 3. The Hall–Kier alpha value is -1.88. The molecule has 2 saturated heterocycles. The molecule has 2 aliphatic heterocycles. The normalized spacial score (nSPS) is 29.0. The Kier molecular flexibility index (Phi) is 5.72. The number of hydrogen-bond donors (Lipinski definition) is 1. The number of ether oxygens (including phenoxy) is 1. The predicted octanol–water partition coefficient (Wildman–Crippen LogP) is 2.93. The van der Waals surface area contributed by atoms with Gasteiger partial charge in [-0.05, 0) is 51.0 Å². The first-order valence-corrected chi connectivity index (χ1v) is 10.9. The monoisotopic (exact) mass is 384 g/mol. The van der Waals surface area contributed by atoms with Gasteiger partial charge in [-0.1, -0.05) is 36.8 Å². The molecule has 3 aliphatic rings. The van der Waals surface area contributed by atoms with Crippen molar-refractivity contribution >= 4 is 11.8 Å². The van der Waals surface area contributed by atoms with Crippen molar-refractivity contribution in [3.63, 3.8) is 0 Å². The molecular weight excluding hydrogens is 352 g/mol. The van der Waals surface area contributed by atoms with Gasteiger partial charge >= 0.3 is 0 Å². The molecule has 0 aromatic heterocycles. The van der Waals surface area contributed by atoms with Crippen LogP contribution in [-0.4, -0.2) is 48.6 Å². The average Bonchev–Trinajstić information content (AvgIpc) is 3.21. The second-order valence-electron chi connectivity index (χ2n) is 8.60. The standard InChI is InChI=1S/C23H32N2O3/c1-2-28-14-13-24-22(27)23(15-17-7-4-3-5-8-17)16-19-11-12-20(23)25(19)21(26)18-9-6-10-18/h3-5,7-8,18-20H,2,6,9-16H2,1H3,(H,24,27)/t19-,20+,23+/m0/s1. The summed E-state index contributed by atoms with van der Waals surface area (Å²) in [5.74, 6) is 0.585. The highest BCUT2D eigenvalue weighted by Gasteiger charge is 2.61. The largest absolute Gasteiger partial charge is 0.380 e. The molecule has 2 bridgehead atoms. The minimum atomic E-state index is -0.518. The van der Waals surface area contributed by atoms with Crippen LogP contribution in [0.2, 0.25) is 0 Å². The van der Waals surface area contributed by atoms with E-state index in [1.54, 1.807) is 0 Å². The van der Waals surface area contributed by atoms with Crippen molar-refractivity contribution in [1.82, 2.24) is 10.2 Å². The Morgan fingerprint density at radius 3 is 2.64 bits per heavy atom. The van der Waals surface area contributed by atoms with Gasteiger partial charge in [0.2, 0.25) is 11.8 Å². The zero-order chi connectivity index (χ0) is 19.6. The van der Waals surface area contributed by atoms with Crippen LogP contribution in [0.15, 0.2) is 30.3 Å². The van der Waals surface area contributed by atoms with E-state index in [4.69, 9.17) is 4.74 Å². The van der Waals surface area contributed by atoms with Gasteiger partial charge in [0.25, 0.3) is 0 Å². The molecular formula is C23H32N2O3. The molecule has 1 saturated carbocycles. The molecule has 3 atom stereocenters. The van der Waals surface area contributed by atoms with Gasteiger partial charge in [-0.25, -0.2) is 0 Å².